The summed E-state index contributed by atoms with van der Waals surface area (Å²) in [6, 6.07) is 0. The van der Waals surface area contributed by atoms with Crippen LogP contribution in [-0.4, -0.2) is 31.0 Å². The fourth-order valence-corrected chi connectivity index (χ4v) is 1.15. The van der Waals surface area contributed by atoms with Gasteiger partial charge in [0.15, 0.2) is 0 Å². The van der Waals surface area contributed by atoms with Crippen LogP contribution in [0.15, 0.2) is 0 Å². The van der Waals surface area contributed by atoms with Gasteiger partial charge in [-0.15, -0.1) is 11.6 Å². The zero-order valence-corrected chi connectivity index (χ0v) is 9.17. The van der Waals surface area contributed by atoms with E-state index < -0.39 is 0 Å². The highest BCUT2D eigenvalue weighted by Crippen LogP contribution is 2.06. The van der Waals surface area contributed by atoms with E-state index in [-0.39, 0.29) is 31.1 Å². The summed E-state index contributed by atoms with van der Waals surface area (Å²) in [6.07, 6.45) is 0.655. The Morgan fingerprint density at radius 1 is 1.14 bits per heavy atom. The summed E-state index contributed by atoms with van der Waals surface area (Å²) in [7, 11) is 0. The largest absolute Gasteiger partial charge is 0.465 e. The average molecular weight is 223 g/mol. The zero-order valence-electron chi connectivity index (χ0n) is 8.42. The molecule has 82 valence electrons. The Labute approximate surface area is 88.5 Å². The van der Waals surface area contributed by atoms with Crippen LogP contribution in [0.1, 0.15) is 20.3 Å². The maximum absolute atomic E-state index is 10.5. The highest BCUT2D eigenvalue weighted by atomic mass is 35.5. The Kier molecular flexibility index (Phi) is 7.20. The lowest BCUT2D eigenvalue weighted by atomic mass is 10.1. The molecule has 0 aliphatic rings. The summed E-state index contributed by atoms with van der Waals surface area (Å²) >= 11 is 5.55. The molecular formula is C9H15ClO4. The van der Waals surface area contributed by atoms with Crippen molar-refractivity contribution in [2.24, 2.45) is 5.92 Å². The molecule has 0 N–H and O–H groups in total. The topological polar surface area (TPSA) is 52.6 Å². The average Bonchev–Trinajstić information content (AvgIpc) is 2.09. The van der Waals surface area contributed by atoms with Crippen molar-refractivity contribution in [2.75, 3.05) is 19.1 Å². The van der Waals surface area contributed by atoms with E-state index in [4.69, 9.17) is 21.1 Å². The highest BCUT2D eigenvalue weighted by Gasteiger charge is 2.11. The molecule has 0 aromatic rings. The van der Waals surface area contributed by atoms with Crippen molar-refractivity contribution in [3.63, 3.8) is 0 Å². The smallest absolute Gasteiger partial charge is 0.302 e. The lowest BCUT2D eigenvalue weighted by molar-refractivity contribution is -0.146. The molecule has 0 aliphatic carbocycles. The molecule has 4 nitrogen and oxygen atoms in total. The monoisotopic (exact) mass is 222 g/mol. The SMILES string of the molecule is CC(=O)OCC(CCCl)COC(C)=O. The van der Waals surface area contributed by atoms with E-state index in [1.54, 1.807) is 0 Å². The number of carbonyl (C=O) groups excluding carboxylic acids is 2. The molecule has 0 saturated carbocycles. The molecule has 0 radical (unpaired) electrons. The van der Waals surface area contributed by atoms with Crippen molar-refractivity contribution < 1.29 is 19.1 Å². The number of hydrogen-bond acceptors (Lipinski definition) is 4. The van der Waals surface area contributed by atoms with Crippen LogP contribution in [0.2, 0.25) is 0 Å². The van der Waals surface area contributed by atoms with E-state index in [2.05, 4.69) is 0 Å². The molecule has 0 unspecified atom stereocenters. The molecule has 0 aliphatic heterocycles. The number of rotatable bonds is 6. The van der Waals surface area contributed by atoms with E-state index in [1.165, 1.54) is 13.8 Å². The molecule has 5 heteroatoms. The molecule has 14 heavy (non-hydrogen) atoms. The van der Waals surface area contributed by atoms with Crippen molar-refractivity contribution in [3.05, 3.63) is 0 Å². The summed E-state index contributed by atoms with van der Waals surface area (Å²) in [6.45, 7) is 3.16. The second kappa shape index (κ2) is 7.62. The van der Waals surface area contributed by atoms with Gasteiger partial charge < -0.3 is 9.47 Å². The Hall–Kier alpha value is -0.770. The van der Waals surface area contributed by atoms with E-state index in [0.29, 0.717) is 12.3 Å². The Balaban J connectivity index is 3.76. The van der Waals surface area contributed by atoms with Crippen molar-refractivity contribution in [2.45, 2.75) is 20.3 Å². The molecule has 0 rings (SSSR count). The lowest BCUT2D eigenvalue weighted by Gasteiger charge is -2.14. The number of hydrogen-bond donors (Lipinski definition) is 0. The third-order valence-electron chi connectivity index (χ3n) is 1.56. The van der Waals surface area contributed by atoms with E-state index in [0.717, 1.165) is 0 Å². The van der Waals surface area contributed by atoms with Gasteiger partial charge in [-0.2, -0.15) is 0 Å². The molecule has 0 aromatic carbocycles. The Bertz CT molecular complexity index is 175. The second-order valence-corrected chi connectivity index (χ2v) is 3.33. The molecule has 0 amide bonds. The second-order valence-electron chi connectivity index (χ2n) is 2.95. The van der Waals surface area contributed by atoms with Gasteiger partial charge in [0.1, 0.15) is 0 Å². The van der Waals surface area contributed by atoms with Gasteiger partial charge in [-0.25, -0.2) is 0 Å². The minimum absolute atomic E-state index is 0.0136. The van der Waals surface area contributed by atoms with E-state index in [1.807, 2.05) is 0 Å². The quantitative estimate of drug-likeness (QED) is 0.503. The van der Waals surface area contributed by atoms with Gasteiger partial charge in [0.25, 0.3) is 0 Å². The van der Waals surface area contributed by atoms with Gasteiger partial charge in [0.2, 0.25) is 0 Å². The number of alkyl halides is 1. The van der Waals surface area contributed by atoms with Crippen molar-refractivity contribution >= 4 is 23.5 Å². The Morgan fingerprint density at radius 2 is 1.57 bits per heavy atom. The van der Waals surface area contributed by atoms with Gasteiger partial charge in [0.05, 0.1) is 13.2 Å². The number of esters is 2. The van der Waals surface area contributed by atoms with Crippen LogP contribution in [0.4, 0.5) is 0 Å². The third-order valence-corrected chi connectivity index (χ3v) is 1.78. The number of ether oxygens (including phenoxy) is 2. The van der Waals surface area contributed by atoms with Crippen LogP contribution in [0.3, 0.4) is 0 Å². The predicted octanol–water partition coefficient (Wildman–Crippen LogP) is 1.36. The number of halogens is 1. The van der Waals surface area contributed by atoms with Gasteiger partial charge in [0, 0.05) is 25.6 Å². The standard InChI is InChI=1S/C9H15ClO4/c1-7(11)13-5-9(3-4-10)6-14-8(2)12/h9H,3-6H2,1-2H3. The van der Waals surface area contributed by atoms with Gasteiger partial charge >= 0.3 is 11.9 Å². The van der Waals surface area contributed by atoms with E-state index >= 15 is 0 Å². The first-order chi connectivity index (χ1) is 6.56. The molecule has 0 aromatic heterocycles. The van der Waals surface area contributed by atoms with Crippen molar-refractivity contribution in [1.82, 2.24) is 0 Å². The van der Waals surface area contributed by atoms with Gasteiger partial charge in [-0.1, -0.05) is 0 Å². The molecule has 0 spiro atoms. The van der Waals surface area contributed by atoms with Crippen molar-refractivity contribution in [3.8, 4) is 0 Å². The molecule has 0 bridgehead atoms. The molecule has 0 saturated heterocycles. The minimum atomic E-state index is -0.340. The van der Waals surface area contributed by atoms with Crippen LogP contribution in [0, 0.1) is 5.92 Å². The van der Waals surface area contributed by atoms with E-state index in [9.17, 15) is 9.59 Å². The molecule has 0 heterocycles. The van der Waals surface area contributed by atoms with Crippen LogP contribution < -0.4 is 0 Å². The highest BCUT2D eigenvalue weighted by molar-refractivity contribution is 6.17. The molecular weight excluding hydrogens is 208 g/mol. The Morgan fingerprint density at radius 3 is 1.86 bits per heavy atom. The fourth-order valence-electron chi connectivity index (χ4n) is 0.839. The first-order valence-corrected chi connectivity index (χ1v) is 4.92. The minimum Gasteiger partial charge on any atom is -0.465 e. The van der Waals surface area contributed by atoms with Crippen LogP contribution in [0.5, 0.6) is 0 Å². The lowest BCUT2D eigenvalue weighted by Crippen LogP contribution is -2.19. The maximum Gasteiger partial charge on any atom is 0.302 e. The summed E-state index contributed by atoms with van der Waals surface area (Å²) in [5.74, 6) is -0.243. The third kappa shape index (κ3) is 7.86. The van der Waals surface area contributed by atoms with Crippen LogP contribution in [-0.2, 0) is 19.1 Å². The fraction of sp³-hybridized carbons (Fsp3) is 0.778. The number of carbonyl (C=O) groups is 2. The van der Waals surface area contributed by atoms with Crippen molar-refractivity contribution in [1.29, 1.82) is 0 Å². The van der Waals surface area contributed by atoms with Gasteiger partial charge in [-0.3, -0.25) is 9.59 Å². The zero-order chi connectivity index (χ0) is 11.0. The van der Waals surface area contributed by atoms with Crippen LogP contribution >= 0.6 is 11.6 Å². The predicted molar refractivity (Wildman–Crippen MR) is 52.1 cm³/mol. The molecule has 0 atom stereocenters. The van der Waals surface area contributed by atoms with Gasteiger partial charge in [-0.05, 0) is 6.42 Å². The summed E-state index contributed by atoms with van der Waals surface area (Å²) in [5, 5.41) is 0. The summed E-state index contributed by atoms with van der Waals surface area (Å²) in [5.41, 5.74) is 0. The first-order valence-electron chi connectivity index (χ1n) is 4.39. The first kappa shape index (κ1) is 13.2. The maximum atomic E-state index is 10.5. The normalized spacial score (nSPS) is 10.0. The van der Waals surface area contributed by atoms with Crippen LogP contribution in [0.25, 0.3) is 0 Å². The molecule has 0 fully saturated rings. The summed E-state index contributed by atoms with van der Waals surface area (Å²) in [4.78, 5) is 21.1. The summed E-state index contributed by atoms with van der Waals surface area (Å²) < 4.78 is 9.60.